The van der Waals surface area contributed by atoms with E-state index in [0.717, 1.165) is 0 Å². The first kappa shape index (κ1) is 15.1. The predicted octanol–water partition coefficient (Wildman–Crippen LogP) is 5.21. The van der Waals surface area contributed by atoms with Crippen molar-refractivity contribution in [1.82, 2.24) is 0 Å². The van der Waals surface area contributed by atoms with E-state index < -0.39 is 0 Å². The maximum atomic E-state index is 2.43. The fourth-order valence-corrected chi connectivity index (χ4v) is 3.73. The normalized spacial score (nSPS) is 10.9. The minimum absolute atomic E-state index is 0.688. The molecule has 98 valence electrons. The molecule has 1 rings (SSSR count). The Kier molecular flexibility index (Phi) is 9.84. The molecule has 0 aliphatic heterocycles. The molecule has 0 aliphatic carbocycles. The van der Waals surface area contributed by atoms with Gasteiger partial charge in [-0.25, -0.2) is 0 Å². The van der Waals surface area contributed by atoms with Crippen molar-refractivity contribution in [3.8, 4) is 0 Å². The van der Waals surface area contributed by atoms with E-state index in [-0.39, 0.29) is 0 Å². The zero-order chi connectivity index (χ0) is 12.2. The van der Waals surface area contributed by atoms with Crippen LogP contribution < -0.4 is 0 Å². The van der Waals surface area contributed by atoms with Crippen molar-refractivity contribution in [2.45, 2.75) is 77.6 Å². The zero-order valence-electron chi connectivity index (χ0n) is 11.4. The quantitative estimate of drug-likeness (QED) is 0.389. The van der Waals surface area contributed by atoms with Crippen molar-refractivity contribution in [1.29, 1.82) is 0 Å². The van der Waals surface area contributed by atoms with E-state index in [1.54, 1.807) is 5.56 Å². The topological polar surface area (TPSA) is 0 Å². The first-order valence-corrected chi connectivity index (χ1v) is 9.42. The minimum atomic E-state index is 0.688. The van der Waals surface area contributed by atoms with Gasteiger partial charge in [-0.2, -0.15) is 0 Å². The molecule has 0 spiro atoms. The van der Waals surface area contributed by atoms with Crippen LogP contribution in [0.4, 0.5) is 0 Å². The van der Waals surface area contributed by atoms with Crippen LogP contribution in [0.3, 0.4) is 0 Å². The van der Waals surface area contributed by atoms with Gasteiger partial charge in [-0.05, 0) is 0 Å². The molecule has 0 radical (unpaired) electrons. The van der Waals surface area contributed by atoms with Crippen LogP contribution in [-0.2, 0) is 6.42 Å². The SMILES string of the molecule is CCCCCCCCCCCCc1cc[se]c1. The fourth-order valence-electron chi connectivity index (χ4n) is 2.25. The van der Waals surface area contributed by atoms with Gasteiger partial charge >= 0.3 is 100 Å². The van der Waals surface area contributed by atoms with Crippen molar-refractivity contribution in [2.75, 3.05) is 0 Å². The third-order valence-electron chi connectivity index (χ3n) is 3.40. The number of aryl methyl sites for hydroxylation is 1. The van der Waals surface area contributed by atoms with E-state index in [1.807, 2.05) is 0 Å². The molecule has 0 unspecified atom stereocenters. The van der Waals surface area contributed by atoms with Gasteiger partial charge in [-0.1, -0.05) is 13.3 Å². The second-order valence-corrected chi connectivity index (χ2v) is 6.70. The summed E-state index contributed by atoms with van der Waals surface area (Å²) in [6.07, 6.45) is 15.7. The van der Waals surface area contributed by atoms with Gasteiger partial charge in [0.05, 0.1) is 0 Å². The Morgan fingerprint density at radius 3 is 1.94 bits per heavy atom. The standard InChI is InChI=1S/C16H28Se/c1-2-3-4-5-6-7-8-9-10-11-12-16-13-14-17-15-16/h13-15H,2-12H2,1H3. The summed E-state index contributed by atoms with van der Waals surface area (Å²) in [5, 5.41) is 0. The fraction of sp³-hybridized carbons (Fsp3) is 0.750. The molecule has 17 heavy (non-hydrogen) atoms. The second-order valence-electron chi connectivity index (χ2n) is 5.06. The molecule has 1 aromatic rings. The van der Waals surface area contributed by atoms with Crippen LogP contribution in [0.1, 0.15) is 76.7 Å². The summed E-state index contributed by atoms with van der Waals surface area (Å²) in [7, 11) is 0. The summed E-state index contributed by atoms with van der Waals surface area (Å²) in [5.74, 6) is 0. The summed E-state index contributed by atoms with van der Waals surface area (Å²) in [6, 6.07) is 2.33. The first-order valence-electron chi connectivity index (χ1n) is 7.44. The average Bonchev–Trinajstić information content (AvgIpc) is 2.85. The number of unbranched alkanes of at least 4 members (excludes halogenated alkanes) is 9. The predicted molar refractivity (Wildman–Crippen MR) is 78.9 cm³/mol. The molecule has 1 aromatic heterocycles. The molecule has 0 saturated heterocycles. The van der Waals surface area contributed by atoms with Gasteiger partial charge in [0.2, 0.25) is 0 Å². The third-order valence-corrected chi connectivity index (χ3v) is 4.94. The van der Waals surface area contributed by atoms with E-state index in [4.69, 9.17) is 0 Å². The second kappa shape index (κ2) is 11.1. The third kappa shape index (κ3) is 8.69. The Morgan fingerprint density at radius 1 is 0.824 bits per heavy atom. The molecule has 0 atom stereocenters. The van der Waals surface area contributed by atoms with E-state index >= 15 is 0 Å². The summed E-state index contributed by atoms with van der Waals surface area (Å²) in [5.41, 5.74) is 1.60. The maximum absolute atomic E-state index is 2.43. The number of hydrogen-bond acceptors (Lipinski definition) is 0. The summed E-state index contributed by atoms with van der Waals surface area (Å²) >= 11 is 0.688. The van der Waals surface area contributed by atoms with Gasteiger partial charge in [0.15, 0.2) is 0 Å². The molecule has 0 aliphatic rings. The van der Waals surface area contributed by atoms with E-state index in [1.165, 1.54) is 70.6 Å². The van der Waals surface area contributed by atoms with Gasteiger partial charge in [0.1, 0.15) is 0 Å². The molecular formula is C16H28Se. The van der Waals surface area contributed by atoms with Crippen LogP contribution in [0.15, 0.2) is 15.9 Å². The van der Waals surface area contributed by atoms with Gasteiger partial charge in [0, 0.05) is 0 Å². The Labute approximate surface area is 114 Å². The number of rotatable bonds is 11. The molecule has 0 saturated carbocycles. The van der Waals surface area contributed by atoms with Crippen molar-refractivity contribution in [2.24, 2.45) is 0 Å². The monoisotopic (exact) mass is 300 g/mol. The van der Waals surface area contributed by atoms with Gasteiger partial charge < -0.3 is 0 Å². The molecular weight excluding hydrogens is 271 g/mol. The first-order chi connectivity index (χ1) is 8.43. The van der Waals surface area contributed by atoms with Crippen LogP contribution in [0.25, 0.3) is 0 Å². The molecule has 0 N–H and O–H groups in total. The number of hydrogen-bond donors (Lipinski definition) is 0. The Bertz CT molecular complexity index is 238. The molecule has 0 amide bonds. The Morgan fingerprint density at radius 2 is 1.41 bits per heavy atom. The summed E-state index contributed by atoms with van der Waals surface area (Å²) < 4.78 is 0. The van der Waals surface area contributed by atoms with Crippen LogP contribution >= 0.6 is 0 Å². The molecule has 0 aromatic carbocycles. The van der Waals surface area contributed by atoms with Crippen LogP contribution in [0.2, 0.25) is 0 Å². The van der Waals surface area contributed by atoms with Crippen LogP contribution in [0, 0.1) is 0 Å². The van der Waals surface area contributed by atoms with E-state index in [2.05, 4.69) is 22.9 Å². The van der Waals surface area contributed by atoms with Crippen molar-refractivity contribution in [3.05, 3.63) is 21.5 Å². The zero-order valence-corrected chi connectivity index (χ0v) is 13.1. The van der Waals surface area contributed by atoms with Crippen LogP contribution in [-0.4, -0.2) is 14.5 Å². The Hall–Kier alpha value is -0.000519. The summed E-state index contributed by atoms with van der Waals surface area (Å²) in [4.78, 5) is 4.76. The van der Waals surface area contributed by atoms with E-state index in [0.29, 0.717) is 14.5 Å². The van der Waals surface area contributed by atoms with Crippen molar-refractivity contribution < 1.29 is 0 Å². The molecule has 0 fully saturated rings. The van der Waals surface area contributed by atoms with Gasteiger partial charge in [-0.15, -0.1) is 0 Å². The van der Waals surface area contributed by atoms with Gasteiger partial charge in [0.25, 0.3) is 0 Å². The van der Waals surface area contributed by atoms with Gasteiger partial charge in [-0.3, -0.25) is 0 Å². The van der Waals surface area contributed by atoms with Crippen LogP contribution in [0.5, 0.6) is 0 Å². The summed E-state index contributed by atoms with van der Waals surface area (Å²) in [6.45, 7) is 2.29. The average molecular weight is 299 g/mol. The van der Waals surface area contributed by atoms with E-state index in [9.17, 15) is 0 Å². The van der Waals surface area contributed by atoms with Crippen molar-refractivity contribution >= 4 is 14.5 Å². The molecule has 0 bridgehead atoms. The van der Waals surface area contributed by atoms with Crippen molar-refractivity contribution in [3.63, 3.8) is 0 Å². The molecule has 1 heteroatoms. The molecule has 0 nitrogen and oxygen atoms in total. The molecule has 1 heterocycles. The Balaban J connectivity index is 1.76.